The van der Waals surface area contributed by atoms with Crippen molar-refractivity contribution in [1.29, 1.82) is 0 Å². The fourth-order valence-electron chi connectivity index (χ4n) is 2.60. The van der Waals surface area contributed by atoms with Gasteiger partial charge in [-0.3, -0.25) is 4.79 Å². The number of carbonyl (C=O) groups is 1. The summed E-state index contributed by atoms with van der Waals surface area (Å²) >= 11 is 0. The molecule has 0 radical (unpaired) electrons. The van der Waals surface area contributed by atoms with Gasteiger partial charge in [0, 0.05) is 5.92 Å². The number of benzene rings is 2. The topological polar surface area (TPSA) is 81.5 Å². The molecule has 0 aliphatic heterocycles. The van der Waals surface area contributed by atoms with E-state index in [-0.39, 0.29) is 23.7 Å². The zero-order valence-corrected chi connectivity index (χ0v) is 11.6. The number of nitrogens with zero attached hydrogens (tertiary/aromatic N) is 1. The largest absolute Gasteiger partial charge is 0.370 e. The molecule has 4 nitrogen and oxygen atoms in total. The molecule has 0 aromatic heterocycles. The molecule has 4 N–H and O–H groups in total. The predicted molar refractivity (Wildman–Crippen MR) is 83.5 cm³/mol. The molecule has 0 bridgehead atoms. The van der Waals surface area contributed by atoms with Gasteiger partial charge >= 0.3 is 0 Å². The highest BCUT2D eigenvalue weighted by Gasteiger charge is 2.43. The van der Waals surface area contributed by atoms with Crippen LogP contribution in [0.2, 0.25) is 0 Å². The SMILES string of the molecule is NC(N)=NC(=O)C1CC1c1ccc(-c2ccccc2)cc1. The van der Waals surface area contributed by atoms with E-state index in [4.69, 9.17) is 11.5 Å². The van der Waals surface area contributed by atoms with Gasteiger partial charge in [0.25, 0.3) is 5.91 Å². The van der Waals surface area contributed by atoms with Gasteiger partial charge in [-0.1, -0.05) is 54.6 Å². The Balaban J connectivity index is 1.72. The third-order valence-corrected chi connectivity index (χ3v) is 3.79. The normalized spacial score (nSPS) is 19.8. The number of carbonyl (C=O) groups excluding carboxylic acids is 1. The van der Waals surface area contributed by atoms with E-state index < -0.39 is 0 Å². The van der Waals surface area contributed by atoms with Gasteiger partial charge < -0.3 is 11.5 Å². The van der Waals surface area contributed by atoms with E-state index in [1.807, 2.05) is 18.2 Å². The van der Waals surface area contributed by atoms with Gasteiger partial charge in [0.1, 0.15) is 0 Å². The number of rotatable bonds is 3. The summed E-state index contributed by atoms with van der Waals surface area (Å²) in [6.45, 7) is 0. The smallest absolute Gasteiger partial charge is 0.252 e. The Labute approximate surface area is 123 Å². The van der Waals surface area contributed by atoms with Crippen LogP contribution in [0, 0.1) is 5.92 Å². The molecule has 0 spiro atoms. The second-order valence-electron chi connectivity index (χ2n) is 5.31. The summed E-state index contributed by atoms with van der Waals surface area (Å²) in [5, 5.41) is 0. The van der Waals surface area contributed by atoms with Crippen LogP contribution in [0.25, 0.3) is 11.1 Å². The lowest BCUT2D eigenvalue weighted by Gasteiger charge is -2.04. The molecule has 21 heavy (non-hydrogen) atoms. The van der Waals surface area contributed by atoms with Crippen molar-refractivity contribution in [3.05, 3.63) is 60.2 Å². The summed E-state index contributed by atoms with van der Waals surface area (Å²) in [5.41, 5.74) is 14.0. The van der Waals surface area contributed by atoms with Crippen LogP contribution >= 0.6 is 0 Å². The van der Waals surface area contributed by atoms with E-state index in [0.717, 1.165) is 6.42 Å². The Hall–Kier alpha value is -2.62. The van der Waals surface area contributed by atoms with Crippen molar-refractivity contribution in [2.24, 2.45) is 22.4 Å². The van der Waals surface area contributed by atoms with E-state index in [9.17, 15) is 4.79 Å². The van der Waals surface area contributed by atoms with E-state index in [1.165, 1.54) is 16.7 Å². The lowest BCUT2D eigenvalue weighted by molar-refractivity contribution is -0.119. The Kier molecular flexibility index (Phi) is 3.44. The fraction of sp³-hybridized carbons (Fsp3) is 0.176. The molecule has 3 rings (SSSR count). The van der Waals surface area contributed by atoms with Crippen LogP contribution in [0.1, 0.15) is 17.9 Å². The minimum atomic E-state index is -0.216. The molecule has 2 unspecified atom stereocenters. The number of aliphatic imine (C=N–C) groups is 1. The third-order valence-electron chi connectivity index (χ3n) is 3.79. The molecule has 0 saturated heterocycles. The molecule has 0 heterocycles. The molecule has 1 saturated carbocycles. The molecule has 4 heteroatoms. The van der Waals surface area contributed by atoms with Gasteiger partial charge in [0.15, 0.2) is 5.96 Å². The average molecular weight is 279 g/mol. The van der Waals surface area contributed by atoms with Gasteiger partial charge in [0.2, 0.25) is 0 Å². The second kappa shape index (κ2) is 5.40. The zero-order chi connectivity index (χ0) is 14.8. The zero-order valence-electron chi connectivity index (χ0n) is 11.6. The van der Waals surface area contributed by atoms with Crippen LogP contribution in [0.15, 0.2) is 59.6 Å². The molecule has 2 atom stereocenters. The van der Waals surface area contributed by atoms with E-state index in [2.05, 4.69) is 41.4 Å². The van der Waals surface area contributed by atoms with Crippen LogP contribution < -0.4 is 11.5 Å². The lowest BCUT2D eigenvalue weighted by Crippen LogP contribution is -2.24. The molecule has 1 amide bonds. The van der Waals surface area contributed by atoms with E-state index >= 15 is 0 Å². The summed E-state index contributed by atoms with van der Waals surface area (Å²) in [5.74, 6) is -0.211. The quantitative estimate of drug-likeness (QED) is 0.668. The summed E-state index contributed by atoms with van der Waals surface area (Å²) in [4.78, 5) is 15.4. The van der Waals surface area contributed by atoms with Gasteiger partial charge in [-0.05, 0) is 29.0 Å². The highest BCUT2D eigenvalue weighted by Crippen LogP contribution is 2.48. The maximum atomic E-state index is 11.7. The van der Waals surface area contributed by atoms with Crippen molar-refractivity contribution in [3.8, 4) is 11.1 Å². The standard InChI is InChI=1S/C17H17N3O/c18-17(19)20-16(21)15-10-14(15)13-8-6-12(7-9-13)11-4-2-1-3-5-11/h1-9,14-15H,10H2,(H4,18,19,20,21). The van der Waals surface area contributed by atoms with Crippen LogP contribution in [0.4, 0.5) is 0 Å². The number of amides is 1. The number of guanidine groups is 1. The van der Waals surface area contributed by atoms with Crippen molar-refractivity contribution in [1.82, 2.24) is 0 Å². The molecule has 2 aromatic rings. The van der Waals surface area contributed by atoms with E-state index in [0.29, 0.717) is 0 Å². The van der Waals surface area contributed by atoms with E-state index in [1.54, 1.807) is 0 Å². The van der Waals surface area contributed by atoms with Crippen molar-refractivity contribution in [3.63, 3.8) is 0 Å². The third kappa shape index (κ3) is 2.94. The maximum Gasteiger partial charge on any atom is 0.252 e. The van der Waals surface area contributed by atoms with Gasteiger partial charge in [-0.25, -0.2) is 0 Å². The Morgan fingerprint density at radius 1 is 0.952 bits per heavy atom. The van der Waals surface area contributed by atoms with Crippen LogP contribution in [-0.2, 0) is 4.79 Å². The monoisotopic (exact) mass is 279 g/mol. The maximum absolute atomic E-state index is 11.7. The summed E-state index contributed by atoms with van der Waals surface area (Å²) < 4.78 is 0. The second-order valence-corrected chi connectivity index (χ2v) is 5.31. The van der Waals surface area contributed by atoms with Crippen LogP contribution in [0.3, 0.4) is 0 Å². The molecular formula is C17H17N3O. The molecule has 1 aliphatic carbocycles. The van der Waals surface area contributed by atoms with Crippen molar-refractivity contribution < 1.29 is 4.79 Å². The number of nitrogens with two attached hydrogens (primary N) is 2. The van der Waals surface area contributed by atoms with Crippen molar-refractivity contribution in [2.75, 3.05) is 0 Å². The first-order valence-corrected chi connectivity index (χ1v) is 6.94. The lowest BCUT2D eigenvalue weighted by atomic mass is 10.0. The Morgan fingerprint density at radius 2 is 1.57 bits per heavy atom. The molecule has 1 fully saturated rings. The highest BCUT2D eigenvalue weighted by atomic mass is 16.1. The minimum Gasteiger partial charge on any atom is -0.370 e. The Bertz CT molecular complexity index is 673. The van der Waals surface area contributed by atoms with Crippen LogP contribution in [0.5, 0.6) is 0 Å². The highest BCUT2D eigenvalue weighted by molar-refractivity contribution is 5.94. The first-order valence-electron chi connectivity index (χ1n) is 6.94. The van der Waals surface area contributed by atoms with Crippen molar-refractivity contribution in [2.45, 2.75) is 12.3 Å². The first-order chi connectivity index (χ1) is 10.1. The predicted octanol–water partition coefficient (Wildman–Crippen LogP) is 2.26. The molecule has 2 aromatic carbocycles. The minimum absolute atomic E-state index is 0.0744. The fourth-order valence-corrected chi connectivity index (χ4v) is 2.60. The Morgan fingerprint density at radius 3 is 2.19 bits per heavy atom. The van der Waals surface area contributed by atoms with Gasteiger partial charge in [-0.15, -0.1) is 0 Å². The van der Waals surface area contributed by atoms with Gasteiger partial charge in [-0.2, -0.15) is 4.99 Å². The first kappa shape index (κ1) is 13.4. The number of hydrogen-bond donors (Lipinski definition) is 2. The summed E-state index contributed by atoms with van der Waals surface area (Å²) in [6.07, 6.45) is 0.820. The number of hydrogen-bond acceptors (Lipinski definition) is 1. The summed E-state index contributed by atoms with van der Waals surface area (Å²) in [6, 6.07) is 18.5. The summed E-state index contributed by atoms with van der Waals surface area (Å²) in [7, 11) is 0. The molecule has 106 valence electrons. The molecule has 1 aliphatic rings. The van der Waals surface area contributed by atoms with Gasteiger partial charge in [0.05, 0.1) is 0 Å². The average Bonchev–Trinajstić information content (AvgIpc) is 3.28. The molecular weight excluding hydrogens is 262 g/mol. The van der Waals surface area contributed by atoms with Crippen LogP contribution in [-0.4, -0.2) is 11.9 Å². The van der Waals surface area contributed by atoms with Crippen molar-refractivity contribution >= 4 is 11.9 Å².